The summed E-state index contributed by atoms with van der Waals surface area (Å²) >= 11 is 1.16. The van der Waals surface area contributed by atoms with Gasteiger partial charge in [0.05, 0.1) is 22.7 Å². The van der Waals surface area contributed by atoms with Crippen LogP contribution in [-0.4, -0.2) is 34.3 Å². The molecule has 1 saturated carbocycles. The molecule has 1 aromatic rings. The number of carbonyl (C=O) groups is 1. The van der Waals surface area contributed by atoms with Gasteiger partial charge >= 0.3 is 6.18 Å². The maximum Gasteiger partial charge on any atom is 0.391 e. The Bertz CT molecular complexity index is 518. The Labute approximate surface area is 124 Å². The van der Waals surface area contributed by atoms with Gasteiger partial charge in [0.2, 0.25) is 0 Å². The van der Waals surface area contributed by atoms with Crippen LogP contribution in [0.3, 0.4) is 0 Å². The molecule has 0 aromatic carbocycles. The maximum atomic E-state index is 12.8. The molecule has 0 spiro atoms. The van der Waals surface area contributed by atoms with E-state index in [1.54, 1.807) is 6.92 Å². The van der Waals surface area contributed by atoms with Crippen LogP contribution in [0.5, 0.6) is 0 Å². The van der Waals surface area contributed by atoms with E-state index in [0.29, 0.717) is 17.0 Å². The van der Waals surface area contributed by atoms with Gasteiger partial charge in [-0.1, -0.05) is 0 Å². The molecule has 0 bridgehead atoms. The fourth-order valence-corrected chi connectivity index (χ4v) is 3.34. The van der Waals surface area contributed by atoms with Crippen LogP contribution in [-0.2, 0) is 0 Å². The zero-order valence-electron chi connectivity index (χ0n) is 11.5. The molecule has 1 heterocycles. The van der Waals surface area contributed by atoms with Gasteiger partial charge in [0, 0.05) is 6.54 Å². The molecule has 118 valence electrons. The number of thiazole rings is 1. The summed E-state index contributed by atoms with van der Waals surface area (Å²) in [6.07, 6.45) is -4.06. The number of rotatable bonds is 3. The van der Waals surface area contributed by atoms with E-state index in [0.717, 1.165) is 11.3 Å². The number of nitrogens with zero attached hydrogens (tertiary/aromatic N) is 1. The van der Waals surface area contributed by atoms with Gasteiger partial charge in [-0.15, -0.1) is 11.3 Å². The predicted octanol–water partition coefficient (Wildman–Crippen LogP) is 2.66. The van der Waals surface area contributed by atoms with Gasteiger partial charge < -0.3 is 10.4 Å². The van der Waals surface area contributed by atoms with Crippen molar-refractivity contribution in [3.8, 4) is 0 Å². The van der Waals surface area contributed by atoms with Gasteiger partial charge in [0.1, 0.15) is 4.88 Å². The third-order valence-electron chi connectivity index (χ3n) is 3.81. The first kappa shape index (κ1) is 16.2. The van der Waals surface area contributed by atoms with Crippen LogP contribution in [0.25, 0.3) is 0 Å². The largest absolute Gasteiger partial charge is 0.391 e. The Morgan fingerprint density at radius 2 is 2.33 bits per heavy atom. The van der Waals surface area contributed by atoms with Crippen molar-refractivity contribution in [2.75, 3.05) is 6.54 Å². The molecule has 0 unspecified atom stereocenters. The van der Waals surface area contributed by atoms with E-state index < -0.39 is 23.6 Å². The Morgan fingerprint density at radius 1 is 1.62 bits per heavy atom. The Hall–Kier alpha value is -1.15. The van der Waals surface area contributed by atoms with Crippen LogP contribution in [0.15, 0.2) is 5.51 Å². The molecule has 0 saturated heterocycles. The second kappa shape index (κ2) is 5.92. The van der Waals surface area contributed by atoms with Crippen molar-refractivity contribution in [3.05, 3.63) is 16.1 Å². The van der Waals surface area contributed by atoms with Crippen molar-refractivity contribution in [2.45, 2.75) is 44.4 Å². The zero-order chi connectivity index (χ0) is 15.7. The van der Waals surface area contributed by atoms with Crippen LogP contribution in [0, 0.1) is 12.8 Å². The topological polar surface area (TPSA) is 62.2 Å². The summed E-state index contributed by atoms with van der Waals surface area (Å²) in [5.41, 5.74) is 0.604. The van der Waals surface area contributed by atoms with E-state index in [1.807, 2.05) is 0 Å². The van der Waals surface area contributed by atoms with Gasteiger partial charge in [-0.3, -0.25) is 4.79 Å². The lowest BCUT2D eigenvalue weighted by Crippen LogP contribution is -2.48. The molecule has 0 aliphatic heterocycles. The number of aliphatic hydroxyl groups is 1. The Kier molecular flexibility index (Phi) is 4.57. The predicted molar refractivity (Wildman–Crippen MR) is 72.1 cm³/mol. The first-order chi connectivity index (χ1) is 9.71. The molecule has 4 nitrogen and oxygen atoms in total. The van der Waals surface area contributed by atoms with E-state index in [1.165, 1.54) is 5.51 Å². The highest BCUT2D eigenvalue weighted by Gasteiger charge is 2.47. The number of aromatic nitrogens is 1. The minimum absolute atomic E-state index is 0.0354. The number of amides is 1. The number of hydrogen-bond acceptors (Lipinski definition) is 4. The second-order valence-electron chi connectivity index (χ2n) is 5.51. The Morgan fingerprint density at radius 3 is 2.90 bits per heavy atom. The standard InChI is InChI=1S/C13H17F3N2O2S/c1-8-10(21-7-18-8)11(19)17-6-12(20)4-2-3-9(5-12)13(14,15)16/h7,9,20H,2-6H2,1H3,(H,17,19)/t9-,12+/m1/s1. The fourth-order valence-electron chi connectivity index (χ4n) is 2.63. The van der Waals surface area contributed by atoms with Crippen molar-refractivity contribution < 1.29 is 23.1 Å². The summed E-state index contributed by atoms with van der Waals surface area (Å²) < 4.78 is 38.3. The summed E-state index contributed by atoms with van der Waals surface area (Å²) in [4.78, 5) is 16.3. The van der Waals surface area contributed by atoms with Crippen LogP contribution in [0.4, 0.5) is 13.2 Å². The number of alkyl halides is 3. The van der Waals surface area contributed by atoms with Gasteiger partial charge in [0.25, 0.3) is 5.91 Å². The Balaban J connectivity index is 1.95. The molecule has 1 aromatic heterocycles. The minimum Gasteiger partial charge on any atom is -0.388 e. The van der Waals surface area contributed by atoms with Crippen LogP contribution >= 0.6 is 11.3 Å². The van der Waals surface area contributed by atoms with Crippen molar-refractivity contribution in [1.29, 1.82) is 0 Å². The lowest BCUT2D eigenvalue weighted by atomic mass is 9.77. The first-order valence-corrected chi connectivity index (χ1v) is 7.57. The normalized spacial score (nSPS) is 26.6. The molecular formula is C13H17F3N2O2S. The molecule has 2 atom stereocenters. The maximum absolute atomic E-state index is 12.8. The number of hydrogen-bond donors (Lipinski definition) is 2. The van der Waals surface area contributed by atoms with Crippen LogP contribution in [0.2, 0.25) is 0 Å². The van der Waals surface area contributed by atoms with E-state index in [-0.39, 0.29) is 25.8 Å². The molecule has 1 fully saturated rings. The van der Waals surface area contributed by atoms with E-state index in [4.69, 9.17) is 0 Å². The monoisotopic (exact) mass is 322 g/mol. The number of nitrogens with one attached hydrogen (secondary N) is 1. The summed E-state index contributed by atoms with van der Waals surface area (Å²) in [5.74, 6) is -1.91. The number of halogens is 3. The summed E-state index contributed by atoms with van der Waals surface area (Å²) in [6.45, 7) is 1.51. The zero-order valence-corrected chi connectivity index (χ0v) is 12.4. The molecule has 1 aliphatic carbocycles. The highest BCUT2D eigenvalue weighted by Crippen LogP contribution is 2.41. The third-order valence-corrected chi connectivity index (χ3v) is 4.74. The highest BCUT2D eigenvalue weighted by atomic mass is 32.1. The SMILES string of the molecule is Cc1ncsc1C(=O)NC[C@]1(O)CCC[C@@H](C(F)(F)F)C1. The highest BCUT2D eigenvalue weighted by molar-refractivity contribution is 7.11. The smallest absolute Gasteiger partial charge is 0.388 e. The molecule has 21 heavy (non-hydrogen) atoms. The number of aryl methyl sites for hydroxylation is 1. The lowest BCUT2D eigenvalue weighted by Gasteiger charge is -2.37. The number of carbonyl (C=O) groups excluding carboxylic acids is 1. The first-order valence-electron chi connectivity index (χ1n) is 6.69. The quantitative estimate of drug-likeness (QED) is 0.899. The summed E-state index contributed by atoms with van der Waals surface area (Å²) in [5, 5.41) is 12.8. The molecule has 2 rings (SSSR count). The van der Waals surface area contributed by atoms with Crippen molar-refractivity contribution in [3.63, 3.8) is 0 Å². The average molecular weight is 322 g/mol. The molecule has 1 aliphatic rings. The minimum atomic E-state index is -4.30. The lowest BCUT2D eigenvalue weighted by molar-refractivity contribution is -0.199. The van der Waals surface area contributed by atoms with E-state index in [9.17, 15) is 23.1 Å². The van der Waals surface area contributed by atoms with Crippen molar-refractivity contribution in [1.82, 2.24) is 10.3 Å². The van der Waals surface area contributed by atoms with E-state index in [2.05, 4.69) is 10.3 Å². The van der Waals surface area contributed by atoms with Gasteiger partial charge in [-0.25, -0.2) is 4.98 Å². The third kappa shape index (κ3) is 3.94. The molecule has 2 N–H and O–H groups in total. The average Bonchev–Trinajstić information content (AvgIpc) is 2.81. The van der Waals surface area contributed by atoms with Crippen LogP contribution < -0.4 is 5.32 Å². The summed E-state index contributed by atoms with van der Waals surface area (Å²) in [6, 6.07) is 0. The van der Waals surface area contributed by atoms with Gasteiger partial charge in [-0.05, 0) is 32.6 Å². The van der Waals surface area contributed by atoms with Gasteiger partial charge in [0.15, 0.2) is 0 Å². The molecule has 0 radical (unpaired) electrons. The molecule has 8 heteroatoms. The van der Waals surface area contributed by atoms with Crippen molar-refractivity contribution in [2.24, 2.45) is 5.92 Å². The van der Waals surface area contributed by atoms with Crippen molar-refractivity contribution >= 4 is 17.2 Å². The van der Waals surface area contributed by atoms with E-state index >= 15 is 0 Å². The molecule has 1 amide bonds. The van der Waals surface area contributed by atoms with Gasteiger partial charge in [-0.2, -0.15) is 13.2 Å². The second-order valence-corrected chi connectivity index (χ2v) is 6.36. The fraction of sp³-hybridized carbons (Fsp3) is 0.692. The molecular weight excluding hydrogens is 305 g/mol. The van der Waals surface area contributed by atoms with Crippen LogP contribution in [0.1, 0.15) is 41.0 Å². The summed E-state index contributed by atoms with van der Waals surface area (Å²) in [7, 11) is 0.